The summed E-state index contributed by atoms with van der Waals surface area (Å²) in [5.41, 5.74) is 4.53. The van der Waals surface area contributed by atoms with E-state index < -0.39 is 0 Å². The van der Waals surface area contributed by atoms with Crippen molar-refractivity contribution < 1.29 is 13.9 Å². The number of amides is 2. The van der Waals surface area contributed by atoms with E-state index in [1.54, 1.807) is 32.5 Å². The molecule has 0 fully saturated rings. The maximum atomic E-state index is 13.6. The van der Waals surface area contributed by atoms with Gasteiger partial charge in [-0.15, -0.1) is 0 Å². The predicted molar refractivity (Wildman–Crippen MR) is 124 cm³/mol. The molecule has 0 aliphatic rings. The highest BCUT2D eigenvalue weighted by Crippen LogP contribution is 2.33. The fraction of sp³-hybridized carbons (Fsp3) is 0.208. The van der Waals surface area contributed by atoms with Crippen LogP contribution in [0.15, 0.2) is 55.0 Å². The Hall–Kier alpha value is -3.98. The van der Waals surface area contributed by atoms with Crippen molar-refractivity contribution in [3.8, 4) is 22.4 Å². The molecule has 2 amide bonds. The van der Waals surface area contributed by atoms with Crippen LogP contribution in [0.2, 0.25) is 0 Å². The molecule has 4 rings (SSSR count). The van der Waals surface area contributed by atoms with Gasteiger partial charge in [0.2, 0.25) is 5.95 Å². The maximum absolute atomic E-state index is 13.6. The molecule has 2 heterocycles. The number of nitrogens with zero attached hydrogens (tertiary/aromatic N) is 5. The first kappa shape index (κ1) is 22.2. The third kappa shape index (κ3) is 4.93. The van der Waals surface area contributed by atoms with Gasteiger partial charge in [0.1, 0.15) is 12.1 Å². The monoisotopic (exact) mass is 446 g/mol. The van der Waals surface area contributed by atoms with Crippen molar-refractivity contribution in [1.29, 1.82) is 0 Å². The molecule has 0 aliphatic carbocycles. The van der Waals surface area contributed by atoms with Crippen molar-refractivity contribution in [2.24, 2.45) is 0 Å². The van der Waals surface area contributed by atoms with E-state index in [4.69, 9.17) is 4.74 Å². The number of methoxy groups -OCH3 is 1. The molecule has 33 heavy (non-hydrogen) atoms. The van der Waals surface area contributed by atoms with Crippen LogP contribution in [0.5, 0.6) is 0 Å². The Labute approximate surface area is 190 Å². The van der Waals surface area contributed by atoms with Gasteiger partial charge in [0, 0.05) is 49.1 Å². The normalized spacial score (nSPS) is 10.9. The molecule has 0 spiro atoms. The van der Waals surface area contributed by atoms with Crippen LogP contribution in [0, 0.1) is 12.7 Å². The second-order valence-electron chi connectivity index (χ2n) is 7.50. The highest BCUT2D eigenvalue weighted by atomic mass is 19.1. The number of urea groups is 1. The zero-order chi connectivity index (χ0) is 23.4. The predicted octanol–water partition coefficient (Wildman–Crippen LogP) is 4.31. The Morgan fingerprint density at radius 3 is 2.61 bits per heavy atom. The number of ether oxygens (including phenoxy) is 1. The van der Waals surface area contributed by atoms with Crippen LogP contribution in [-0.4, -0.2) is 58.2 Å². The Morgan fingerprint density at radius 1 is 1.09 bits per heavy atom. The molecule has 0 aliphatic heterocycles. The van der Waals surface area contributed by atoms with E-state index in [1.165, 1.54) is 23.4 Å². The summed E-state index contributed by atoms with van der Waals surface area (Å²) in [5, 5.41) is 3.62. The van der Waals surface area contributed by atoms with Gasteiger partial charge in [-0.1, -0.05) is 6.07 Å². The van der Waals surface area contributed by atoms with Gasteiger partial charge in [-0.2, -0.15) is 0 Å². The topological polar surface area (TPSA) is 93.1 Å². The number of halogens is 1. The van der Waals surface area contributed by atoms with Crippen LogP contribution in [0.1, 0.15) is 5.69 Å². The van der Waals surface area contributed by atoms with Gasteiger partial charge in [-0.25, -0.2) is 29.1 Å². The summed E-state index contributed by atoms with van der Waals surface area (Å²) in [5.74, 6) is -0.200. The summed E-state index contributed by atoms with van der Waals surface area (Å²) in [6.45, 7) is 2.75. The van der Waals surface area contributed by atoms with Crippen molar-refractivity contribution in [1.82, 2.24) is 24.8 Å². The van der Waals surface area contributed by atoms with Crippen LogP contribution < -0.4 is 5.32 Å². The first-order valence-electron chi connectivity index (χ1n) is 10.3. The summed E-state index contributed by atoms with van der Waals surface area (Å²) >= 11 is 0. The third-order valence-electron chi connectivity index (χ3n) is 5.25. The second-order valence-corrected chi connectivity index (χ2v) is 7.50. The number of hydrogen-bond acceptors (Lipinski definition) is 6. The van der Waals surface area contributed by atoms with Crippen molar-refractivity contribution in [2.75, 3.05) is 32.6 Å². The standard InChI is InChI=1S/C24H23FN6O2/c1-15-19-12-17(6-9-21(19)28-14-27-15)20-13-26-23(30-24(32)31(2)10-11-33-3)29-22(20)16-4-7-18(25)8-5-16/h4-9,12-14H,10-11H2,1-3H3,(H,26,29,30,32). The molecule has 2 aromatic heterocycles. The number of carbonyl (C=O) groups is 1. The largest absolute Gasteiger partial charge is 0.383 e. The SMILES string of the molecule is COCCN(C)C(=O)Nc1ncc(-c2ccc3ncnc(C)c3c2)c(-c2ccc(F)cc2)n1. The van der Waals surface area contributed by atoms with Crippen LogP contribution in [-0.2, 0) is 4.74 Å². The Morgan fingerprint density at radius 2 is 1.85 bits per heavy atom. The zero-order valence-corrected chi connectivity index (χ0v) is 18.5. The van der Waals surface area contributed by atoms with Crippen molar-refractivity contribution in [3.63, 3.8) is 0 Å². The van der Waals surface area contributed by atoms with Crippen LogP contribution >= 0.6 is 0 Å². The van der Waals surface area contributed by atoms with E-state index in [0.717, 1.165) is 27.7 Å². The Balaban J connectivity index is 1.76. The van der Waals surface area contributed by atoms with E-state index in [9.17, 15) is 9.18 Å². The zero-order valence-electron chi connectivity index (χ0n) is 18.5. The quantitative estimate of drug-likeness (QED) is 0.474. The van der Waals surface area contributed by atoms with Crippen LogP contribution in [0.4, 0.5) is 15.1 Å². The molecule has 0 atom stereocenters. The molecule has 8 nitrogen and oxygen atoms in total. The lowest BCUT2D eigenvalue weighted by Crippen LogP contribution is -2.34. The molecule has 0 radical (unpaired) electrons. The van der Waals surface area contributed by atoms with Crippen LogP contribution in [0.3, 0.4) is 0 Å². The number of aromatic nitrogens is 4. The number of carbonyl (C=O) groups excluding carboxylic acids is 1. The fourth-order valence-electron chi connectivity index (χ4n) is 3.36. The molecular weight excluding hydrogens is 423 g/mol. The second kappa shape index (κ2) is 9.66. The number of benzene rings is 2. The number of anilines is 1. The maximum Gasteiger partial charge on any atom is 0.324 e. The van der Waals surface area contributed by atoms with E-state index in [2.05, 4.69) is 25.3 Å². The van der Waals surface area contributed by atoms with Crippen molar-refractivity contribution in [3.05, 3.63) is 66.5 Å². The molecule has 0 unspecified atom stereocenters. The van der Waals surface area contributed by atoms with Gasteiger partial charge in [-0.05, 0) is 48.9 Å². The summed E-state index contributed by atoms with van der Waals surface area (Å²) < 4.78 is 18.6. The minimum atomic E-state index is -0.358. The number of rotatable bonds is 6. The number of hydrogen-bond donors (Lipinski definition) is 1. The van der Waals surface area contributed by atoms with Crippen molar-refractivity contribution >= 4 is 22.9 Å². The van der Waals surface area contributed by atoms with Gasteiger partial charge in [0.25, 0.3) is 0 Å². The number of nitrogens with one attached hydrogen (secondary N) is 1. The smallest absolute Gasteiger partial charge is 0.324 e. The van der Waals surface area contributed by atoms with Gasteiger partial charge < -0.3 is 9.64 Å². The molecule has 2 aromatic carbocycles. The molecule has 0 saturated carbocycles. The number of fused-ring (bicyclic) bond motifs is 1. The summed E-state index contributed by atoms with van der Waals surface area (Å²) in [6.07, 6.45) is 3.18. The van der Waals surface area contributed by atoms with Gasteiger partial charge in [0.05, 0.1) is 17.8 Å². The summed E-state index contributed by atoms with van der Waals surface area (Å²) in [6, 6.07) is 11.5. The lowest BCUT2D eigenvalue weighted by atomic mass is 9.99. The molecule has 1 N–H and O–H groups in total. The average molecular weight is 446 g/mol. The third-order valence-corrected chi connectivity index (χ3v) is 5.25. The first-order valence-corrected chi connectivity index (χ1v) is 10.3. The molecular formula is C24H23FN6O2. The van der Waals surface area contributed by atoms with Crippen molar-refractivity contribution in [2.45, 2.75) is 6.92 Å². The van der Waals surface area contributed by atoms with Crippen LogP contribution in [0.25, 0.3) is 33.3 Å². The minimum Gasteiger partial charge on any atom is -0.383 e. The van der Waals surface area contributed by atoms with Gasteiger partial charge in [0.15, 0.2) is 0 Å². The summed E-state index contributed by atoms with van der Waals surface area (Å²) in [7, 11) is 3.23. The van der Waals surface area contributed by atoms with E-state index in [0.29, 0.717) is 24.4 Å². The fourth-order valence-corrected chi connectivity index (χ4v) is 3.36. The minimum absolute atomic E-state index is 0.146. The van der Waals surface area contributed by atoms with E-state index in [-0.39, 0.29) is 17.8 Å². The number of likely N-dealkylation sites (N-methyl/N-ethyl adjacent to an activating group) is 1. The molecule has 4 aromatic rings. The number of aryl methyl sites for hydroxylation is 1. The summed E-state index contributed by atoms with van der Waals surface area (Å²) in [4.78, 5) is 31.5. The Kier molecular flexibility index (Phi) is 6.50. The molecule has 0 bridgehead atoms. The Bertz CT molecular complexity index is 1300. The molecule has 168 valence electrons. The average Bonchev–Trinajstić information content (AvgIpc) is 2.83. The lowest BCUT2D eigenvalue weighted by molar-refractivity contribution is 0.165. The van der Waals surface area contributed by atoms with Gasteiger partial charge in [-0.3, -0.25) is 5.32 Å². The van der Waals surface area contributed by atoms with Gasteiger partial charge >= 0.3 is 6.03 Å². The van der Waals surface area contributed by atoms with E-state index in [1.807, 2.05) is 25.1 Å². The lowest BCUT2D eigenvalue weighted by Gasteiger charge is -2.17. The van der Waals surface area contributed by atoms with E-state index >= 15 is 0 Å². The first-order chi connectivity index (χ1) is 16.0. The highest BCUT2D eigenvalue weighted by molar-refractivity contribution is 5.91. The molecule has 0 saturated heterocycles. The highest BCUT2D eigenvalue weighted by Gasteiger charge is 2.16. The molecule has 9 heteroatoms.